The first-order chi connectivity index (χ1) is 8.52. The molecular formula is C12H12Cl2FN3. The standard InChI is InChI=1S/C12H12Cl2FN3/c1-3-16-12-17-7(2)6-18(12)8-4-9(13)11(15)10(14)5-8/h4-6H,3H2,1-2H3,(H,16,17). The molecule has 2 rings (SSSR count). The Morgan fingerprint density at radius 2 is 1.94 bits per heavy atom. The Hall–Kier alpha value is -1.26. The van der Waals surface area contributed by atoms with E-state index in [2.05, 4.69) is 10.3 Å². The van der Waals surface area contributed by atoms with Gasteiger partial charge in [-0.15, -0.1) is 0 Å². The van der Waals surface area contributed by atoms with E-state index in [-0.39, 0.29) is 10.0 Å². The van der Waals surface area contributed by atoms with Gasteiger partial charge in [0.05, 0.1) is 21.4 Å². The first-order valence-corrected chi connectivity index (χ1v) is 6.23. The van der Waals surface area contributed by atoms with Crippen LogP contribution >= 0.6 is 23.2 Å². The van der Waals surface area contributed by atoms with Crippen molar-refractivity contribution in [2.24, 2.45) is 0 Å². The zero-order valence-electron chi connectivity index (χ0n) is 9.97. The fourth-order valence-corrected chi connectivity index (χ4v) is 2.13. The number of nitrogens with zero attached hydrogens (tertiary/aromatic N) is 2. The fourth-order valence-electron chi connectivity index (χ4n) is 1.66. The zero-order valence-corrected chi connectivity index (χ0v) is 11.5. The minimum Gasteiger partial charge on any atom is -0.356 e. The van der Waals surface area contributed by atoms with Crippen molar-refractivity contribution in [1.82, 2.24) is 9.55 Å². The van der Waals surface area contributed by atoms with E-state index in [1.165, 1.54) is 12.1 Å². The van der Waals surface area contributed by atoms with E-state index >= 15 is 0 Å². The van der Waals surface area contributed by atoms with Crippen molar-refractivity contribution in [2.75, 3.05) is 11.9 Å². The Bertz CT molecular complexity index is 558. The van der Waals surface area contributed by atoms with E-state index in [0.29, 0.717) is 11.6 Å². The molecule has 1 aromatic heterocycles. The van der Waals surface area contributed by atoms with Gasteiger partial charge in [-0.3, -0.25) is 4.57 Å². The van der Waals surface area contributed by atoms with E-state index in [1.807, 2.05) is 20.0 Å². The number of rotatable bonds is 3. The summed E-state index contributed by atoms with van der Waals surface area (Å²) in [6.07, 6.45) is 1.83. The first kappa shape index (κ1) is 13.2. The van der Waals surface area contributed by atoms with Crippen molar-refractivity contribution >= 4 is 29.2 Å². The molecule has 1 N–H and O–H groups in total. The average Bonchev–Trinajstić information content (AvgIpc) is 2.67. The van der Waals surface area contributed by atoms with Crippen molar-refractivity contribution in [1.29, 1.82) is 0 Å². The number of aromatic nitrogens is 2. The molecule has 6 heteroatoms. The lowest BCUT2D eigenvalue weighted by Crippen LogP contribution is -2.05. The highest BCUT2D eigenvalue weighted by molar-refractivity contribution is 6.35. The molecule has 0 spiro atoms. The summed E-state index contributed by atoms with van der Waals surface area (Å²) in [4.78, 5) is 4.33. The normalized spacial score (nSPS) is 10.7. The number of halogens is 3. The Kier molecular flexibility index (Phi) is 3.78. The fraction of sp³-hybridized carbons (Fsp3) is 0.250. The Morgan fingerprint density at radius 3 is 2.50 bits per heavy atom. The quantitative estimate of drug-likeness (QED) is 0.863. The summed E-state index contributed by atoms with van der Waals surface area (Å²) in [5.41, 5.74) is 1.52. The molecule has 0 bridgehead atoms. The van der Waals surface area contributed by atoms with Crippen LogP contribution in [0.4, 0.5) is 10.3 Å². The van der Waals surface area contributed by atoms with Gasteiger partial charge in [0.2, 0.25) is 5.95 Å². The number of benzene rings is 1. The zero-order chi connectivity index (χ0) is 13.3. The maximum Gasteiger partial charge on any atom is 0.207 e. The molecule has 96 valence electrons. The topological polar surface area (TPSA) is 29.9 Å². The number of imidazole rings is 1. The molecule has 1 aromatic carbocycles. The van der Waals surface area contributed by atoms with E-state index in [4.69, 9.17) is 23.2 Å². The summed E-state index contributed by atoms with van der Waals surface area (Å²) in [6, 6.07) is 3.04. The highest BCUT2D eigenvalue weighted by atomic mass is 35.5. The number of nitrogens with one attached hydrogen (secondary N) is 1. The lowest BCUT2D eigenvalue weighted by Gasteiger charge is -2.09. The minimum absolute atomic E-state index is 0.00805. The van der Waals surface area contributed by atoms with Crippen LogP contribution in [0.3, 0.4) is 0 Å². The van der Waals surface area contributed by atoms with E-state index in [9.17, 15) is 4.39 Å². The van der Waals surface area contributed by atoms with Crippen molar-refractivity contribution < 1.29 is 4.39 Å². The average molecular weight is 288 g/mol. The van der Waals surface area contributed by atoms with Crippen molar-refractivity contribution in [3.8, 4) is 5.69 Å². The molecule has 0 aliphatic rings. The van der Waals surface area contributed by atoms with Crippen LogP contribution in [0.25, 0.3) is 5.69 Å². The molecule has 1 heterocycles. The first-order valence-electron chi connectivity index (χ1n) is 5.47. The van der Waals surface area contributed by atoms with Crippen LogP contribution in [0.15, 0.2) is 18.3 Å². The van der Waals surface area contributed by atoms with E-state index in [1.54, 1.807) is 4.57 Å². The monoisotopic (exact) mass is 287 g/mol. The Balaban J connectivity index is 2.54. The highest BCUT2D eigenvalue weighted by Crippen LogP contribution is 2.28. The highest BCUT2D eigenvalue weighted by Gasteiger charge is 2.12. The van der Waals surface area contributed by atoms with Gasteiger partial charge in [-0.1, -0.05) is 23.2 Å². The molecular weight excluding hydrogens is 276 g/mol. The van der Waals surface area contributed by atoms with Crippen LogP contribution in [-0.4, -0.2) is 16.1 Å². The molecule has 3 nitrogen and oxygen atoms in total. The van der Waals surface area contributed by atoms with Gasteiger partial charge in [-0.25, -0.2) is 9.37 Å². The van der Waals surface area contributed by atoms with Gasteiger partial charge < -0.3 is 5.32 Å². The maximum absolute atomic E-state index is 13.4. The number of anilines is 1. The molecule has 0 aliphatic heterocycles. The van der Waals surface area contributed by atoms with Gasteiger partial charge in [-0.05, 0) is 26.0 Å². The maximum atomic E-state index is 13.4. The molecule has 0 aliphatic carbocycles. The van der Waals surface area contributed by atoms with Crippen molar-refractivity contribution in [2.45, 2.75) is 13.8 Å². The largest absolute Gasteiger partial charge is 0.356 e. The molecule has 0 atom stereocenters. The summed E-state index contributed by atoms with van der Waals surface area (Å²) in [7, 11) is 0. The number of aryl methyl sites for hydroxylation is 1. The van der Waals surface area contributed by atoms with Crippen molar-refractivity contribution in [3.05, 3.63) is 39.9 Å². The van der Waals surface area contributed by atoms with Crippen LogP contribution in [0.5, 0.6) is 0 Å². The van der Waals surface area contributed by atoms with Crippen LogP contribution < -0.4 is 5.32 Å². The molecule has 0 fully saturated rings. The molecule has 0 radical (unpaired) electrons. The second-order valence-electron chi connectivity index (χ2n) is 3.83. The van der Waals surface area contributed by atoms with Crippen LogP contribution in [-0.2, 0) is 0 Å². The molecule has 0 amide bonds. The third-order valence-corrected chi connectivity index (χ3v) is 2.96. The van der Waals surface area contributed by atoms with Gasteiger partial charge >= 0.3 is 0 Å². The molecule has 0 unspecified atom stereocenters. The van der Waals surface area contributed by atoms with Crippen LogP contribution in [0.1, 0.15) is 12.6 Å². The van der Waals surface area contributed by atoms with E-state index < -0.39 is 5.82 Å². The smallest absolute Gasteiger partial charge is 0.207 e. The predicted octanol–water partition coefficient (Wildman–Crippen LogP) is 4.06. The summed E-state index contributed by atoms with van der Waals surface area (Å²) in [5.74, 6) is 0.0673. The second-order valence-corrected chi connectivity index (χ2v) is 4.64. The second kappa shape index (κ2) is 5.16. The Labute approximate surface area is 115 Å². The third-order valence-electron chi connectivity index (χ3n) is 2.41. The molecule has 2 aromatic rings. The van der Waals surface area contributed by atoms with E-state index in [0.717, 1.165) is 12.2 Å². The summed E-state index contributed by atoms with van der Waals surface area (Å²) in [5, 5.41) is 3.10. The van der Waals surface area contributed by atoms with Gasteiger partial charge in [0.15, 0.2) is 5.82 Å². The lowest BCUT2D eigenvalue weighted by molar-refractivity contribution is 0.628. The van der Waals surface area contributed by atoms with Crippen LogP contribution in [0, 0.1) is 12.7 Å². The molecule has 18 heavy (non-hydrogen) atoms. The van der Waals surface area contributed by atoms with Gasteiger partial charge in [0.25, 0.3) is 0 Å². The summed E-state index contributed by atoms with van der Waals surface area (Å²) >= 11 is 11.6. The predicted molar refractivity (Wildman–Crippen MR) is 72.4 cm³/mol. The molecule has 0 saturated heterocycles. The van der Waals surface area contributed by atoms with Gasteiger partial charge in [-0.2, -0.15) is 0 Å². The molecule has 0 saturated carbocycles. The third kappa shape index (κ3) is 2.44. The van der Waals surface area contributed by atoms with Gasteiger partial charge in [0, 0.05) is 12.7 Å². The number of hydrogen-bond acceptors (Lipinski definition) is 2. The lowest BCUT2D eigenvalue weighted by atomic mass is 10.3. The van der Waals surface area contributed by atoms with Crippen LogP contribution in [0.2, 0.25) is 10.0 Å². The summed E-state index contributed by atoms with van der Waals surface area (Å²) < 4.78 is 15.2. The minimum atomic E-state index is -0.607. The summed E-state index contributed by atoms with van der Waals surface area (Å²) in [6.45, 7) is 4.59. The van der Waals surface area contributed by atoms with Gasteiger partial charge in [0.1, 0.15) is 0 Å². The number of hydrogen-bond donors (Lipinski definition) is 1. The SMILES string of the molecule is CCNc1nc(C)cn1-c1cc(Cl)c(F)c(Cl)c1. The Morgan fingerprint density at radius 1 is 1.33 bits per heavy atom. The van der Waals surface area contributed by atoms with Crippen molar-refractivity contribution in [3.63, 3.8) is 0 Å².